The number of hydrogen-bond acceptors (Lipinski definition) is 4. The first-order valence-electron chi connectivity index (χ1n) is 5.00. The number of nitrogens with one attached hydrogen (secondary N) is 1. The van der Waals surface area contributed by atoms with E-state index in [1.807, 2.05) is 6.92 Å². The van der Waals surface area contributed by atoms with Crippen LogP contribution in [-0.4, -0.2) is 30.9 Å². The lowest BCUT2D eigenvalue weighted by Gasteiger charge is -2.39. The molecule has 88 valence electrons. The number of methoxy groups -OCH3 is 1. The largest absolute Gasteiger partial charge is 0.503 e. The van der Waals surface area contributed by atoms with Crippen molar-refractivity contribution in [1.82, 2.24) is 5.32 Å². The molecule has 1 aromatic rings. The third kappa shape index (κ3) is 2.10. The van der Waals surface area contributed by atoms with E-state index in [0.29, 0.717) is 16.0 Å². The summed E-state index contributed by atoms with van der Waals surface area (Å²) < 4.78 is 11.5. The second-order valence-corrected chi connectivity index (χ2v) is 4.97. The molecule has 0 saturated carbocycles. The number of ether oxygens (including phenoxy) is 2. The zero-order valence-electron chi connectivity index (χ0n) is 9.21. The van der Waals surface area contributed by atoms with Gasteiger partial charge in [-0.3, -0.25) is 0 Å². The van der Waals surface area contributed by atoms with Crippen molar-refractivity contribution in [2.75, 3.05) is 20.2 Å². The van der Waals surface area contributed by atoms with E-state index < -0.39 is 0 Å². The highest BCUT2D eigenvalue weighted by Crippen LogP contribution is 2.39. The summed E-state index contributed by atoms with van der Waals surface area (Å²) in [6.07, 6.45) is 0. The summed E-state index contributed by atoms with van der Waals surface area (Å²) in [6, 6.07) is 3.42. The van der Waals surface area contributed by atoms with E-state index in [-0.39, 0.29) is 11.4 Å². The number of phenols is 1. The number of halogens is 1. The predicted molar refractivity (Wildman–Crippen MR) is 64.3 cm³/mol. The molecule has 0 amide bonds. The van der Waals surface area contributed by atoms with Gasteiger partial charge in [0.2, 0.25) is 0 Å². The molecule has 1 saturated heterocycles. The van der Waals surface area contributed by atoms with Crippen LogP contribution in [0.3, 0.4) is 0 Å². The number of rotatable bonds is 3. The molecule has 1 aliphatic heterocycles. The van der Waals surface area contributed by atoms with Crippen LogP contribution in [0.5, 0.6) is 17.2 Å². The lowest BCUT2D eigenvalue weighted by Crippen LogP contribution is -2.61. The van der Waals surface area contributed by atoms with Gasteiger partial charge in [0.05, 0.1) is 11.6 Å². The Balaban J connectivity index is 2.24. The molecule has 1 aromatic carbocycles. The van der Waals surface area contributed by atoms with Gasteiger partial charge in [0.1, 0.15) is 11.4 Å². The van der Waals surface area contributed by atoms with Gasteiger partial charge in [0, 0.05) is 19.2 Å². The van der Waals surface area contributed by atoms with Crippen LogP contribution >= 0.6 is 15.9 Å². The Morgan fingerprint density at radius 3 is 2.62 bits per heavy atom. The molecule has 5 heteroatoms. The van der Waals surface area contributed by atoms with Gasteiger partial charge in [-0.25, -0.2) is 0 Å². The molecule has 0 aliphatic carbocycles. The molecule has 0 unspecified atom stereocenters. The van der Waals surface area contributed by atoms with Crippen molar-refractivity contribution in [3.05, 3.63) is 16.6 Å². The molecule has 0 bridgehead atoms. The van der Waals surface area contributed by atoms with Gasteiger partial charge >= 0.3 is 0 Å². The van der Waals surface area contributed by atoms with Gasteiger partial charge in [0.25, 0.3) is 0 Å². The molecular formula is C11H14BrNO3. The van der Waals surface area contributed by atoms with Gasteiger partial charge in [0.15, 0.2) is 11.5 Å². The lowest BCUT2D eigenvalue weighted by molar-refractivity contribution is 0.0345. The van der Waals surface area contributed by atoms with Crippen molar-refractivity contribution in [3.63, 3.8) is 0 Å². The minimum absolute atomic E-state index is 0.0896. The third-order valence-electron chi connectivity index (χ3n) is 2.58. The minimum Gasteiger partial charge on any atom is -0.503 e. The van der Waals surface area contributed by atoms with E-state index in [0.717, 1.165) is 13.1 Å². The zero-order valence-corrected chi connectivity index (χ0v) is 10.8. The quantitative estimate of drug-likeness (QED) is 0.892. The molecular weight excluding hydrogens is 274 g/mol. The molecule has 1 aliphatic rings. The fourth-order valence-electron chi connectivity index (χ4n) is 1.60. The topological polar surface area (TPSA) is 50.7 Å². The minimum atomic E-state index is -0.165. The van der Waals surface area contributed by atoms with Crippen LogP contribution in [0.1, 0.15) is 6.92 Å². The summed E-state index contributed by atoms with van der Waals surface area (Å²) in [5, 5.41) is 12.8. The van der Waals surface area contributed by atoms with Crippen LogP contribution in [0.25, 0.3) is 0 Å². The molecule has 1 heterocycles. The highest BCUT2D eigenvalue weighted by molar-refractivity contribution is 9.10. The molecule has 0 atom stereocenters. The molecule has 4 nitrogen and oxygen atoms in total. The maximum absolute atomic E-state index is 9.65. The van der Waals surface area contributed by atoms with Crippen LogP contribution in [0.2, 0.25) is 0 Å². The van der Waals surface area contributed by atoms with Gasteiger partial charge in [-0.15, -0.1) is 0 Å². The van der Waals surface area contributed by atoms with Crippen LogP contribution in [0.15, 0.2) is 16.6 Å². The van der Waals surface area contributed by atoms with E-state index in [1.165, 1.54) is 7.11 Å². The molecule has 2 N–H and O–H groups in total. The Bertz CT molecular complexity index is 404. The van der Waals surface area contributed by atoms with Crippen LogP contribution in [0.4, 0.5) is 0 Å². The predicted octanol–water partition coefficient (Wildman–Crippen LogP) is 1.90. The average Bonchev–Trinajstić information content (AvgIpc) is 2.21. The fraction of sp³-hybridized carbons (Fsp3) is 0.455. The number of benzene rings is 1. The maximum Gasteiger partial charge on any atom is 0.172 e. The van der Waals surface area contributed by atoms with Crippen LogP contribution in [0, 0.1) is 0 Å². The average molecular weight is 288 g/mol. The van der Waals surface area contributed by atoms with Crippen molar-refractivity contribution >= 4 is 15.9 Å². The van der Waals surface area contributed by atoms with E-state index in [9.17, 15) is 5.11 Å². The van der Waals surface area contributed by atoms with Gasteiger partial charge < -0.3 is 19.9 Å². The molecule has 0 spiro atoms. The Hall–Kier alpha value is -0.940. The first-order valence-corrected chi connectivity index (χ1v) is 5.80. The van der Waals surface area contributed by atoms with Crippen LogP contribution < -0.4 is 14.8 Å². The van der Waals surface area contributed by atoms with Crippen molar-refractivity contribution in [2.24, 2.45) is 0 Å². The third-order valence-corrected chi connectivity index (χ3v) is 3.19. The van der Waals surface area contributed by atoms with E-state index in [2.05, 4.69) is 21.2 Å². The first kappa shape index (κ1) is 11.5. The van der Waals surface area contributed by atoms with Crippen molar-refractivity contribution in [3.8, 4) is 17.2 Å². The van der Waals surface area contributed by atoms with Gasteiger partial charge in [-0.05, 0) is 28.9 Å². The van der Waals surface area contributed by atoms with Crippen molar-refractivity contribution in [2.45, 2.75) is 12.5 Å². The SMILES string of the molecule is COc1cc(OC2(C)CNC2)cc(Br)c1O. The number of hydrogen-bond donors (Lipinski definition) is 2. The normalized spacial score (nSPS) is 17.7. The van der Waals surface area contributed by atoms with E-state index >= 15 is 0 Å². The summed E-state index contributed by atoms with van der Waals surface area (Å²) in [4.78, 5) is 0. The Morgan fingerprint density at radius 2 is 2.12 bits per heavy atom. The van der Waals surface area contributed by atoms with Gasteiger partial charge in [-0.2, -0.15) is 0 Å². The highest BCUT2D eigenvalue weighted by atomic mass is 79.9. The molecule has 2 rings (SSSR count). The maximum atomic E-state index is 9.65. The molecule has 0 aromatic heterocycles. The smallest absolute Gasteiger partial charge is 0.172 e. The number of aromatic hydroxyl groups is 1. The standard InChI is InChI=1S/C11H14BrNO3/c1-11(5-13-6-11)16-7-3-8(12)10(14)9(4-7)15-2/h3-4,13-14H,5-6H2,1-2H3. The monoisotopic (exact) mass is 287 g/mol. The Labute approximate surface area is 103 Å². The summed E-state index contributed by atoms with van der Waals surface area (Å²) in [5.74, 6) is 1.18. The lowest BCUT2D eigenvalue weighted by atomic mass is 10.00. The molecule has 1 fully saturated rings. The Kier molecular flexibility index (Phi) is 2.99. The summed E-state index contributed by atoms with van der Waals surface area (Å²) >= 11 is 3.26. The van der Waals surface area contributed by atoms with Crippen molar-refractivity contribution < 1.29 is 14.6 Å². The Morgan fingerprint density at radius 1 is 1.44 bits per heavy atom. The molecule has 16 heavy (non-hydrogen) atoms. The second-order valence-electron chi connectivity index (χ2n) is 4.11. The van der Waals surface area contributed by atoms with Crippen LogP contribution in [-0.2, 0) is 0 Å². The van der Waals surface area contributed by atoms with Crippen molar-refractivity contribution in [1.29, 1.82) is 0 Å². The molecule has 0 radical (unpaired) electrons. The first-order chi connectivity index (χ1) is 7.54. The fourth-order valence-corrected chi connectivity index (χ4v) is 2.02. The summed E-state index contributed by atoms with van der Waals surface area (Å²) in [7, 11) is 1.51. The van der Waals surface area contributed by atoms with E-state index in [1.54, 1.807) is 12.1 Å². The zero-order chi connectivity index (χ0) is 11.8. The second kappa shape index (κ2) is 4.14. The van der Waals surface area contributed by atoms with E-state index in [4.69, 9.17) is 9.47 Å². The summed E-state index contributed by atoms with van der Waals surface area (Å²) in [6.45, 7) is 3.69. The van der Waals surface area contributed by atoms with Gasteiger partial charge in [-0.1, -0.05) is 0 Å². The summed E-state index contributed by atoms with van der Waals surface area (Å²) in [5.41, 5.74) is -0.165. The number of phenolic OH excluding ortho intramolecular Hbond substituents is 1. The highest BCUT2D eigenvalue weighted by Gasteiger charge is 2.34.